The van der Waals surface area contributed by atoms with Crippen LogP contribution in [0, 0.1) is 31.3 Å². The summed E-state index contributed by atoms with van der Waals surface area (Å²) in [5, 5.41) is 6.92. The van der Waals surface area contributed by atoms with Crippen LogP contribution in [-0.2, 0) is 11.3 Å². The maximum Gasteiger partial charge on any atom is 0.241 e. The highest BCUT2D eigenvalue weighted by Crippen LogP contribution is 2.22. The summed E-state index contributed by atoms with van der Waals surface area (Å²) in [7, 11) is 1.75. The number of aromatic nitrogens is 2. The van der Waals surface area contributed by atoms with E-state index in [-0.39, 0.29) is 0 Å². The van der Waals surface area contributed by atoms with E-state index in [0.717, 1.165) is 34.8 Å². The van der Waals surface area contributed by atoms with Crippen molar-refractivity contribution in [2.24, 2.45) is 0 Å². The largest absolute Gasteiger partial charge is 0.322 e. The molecule has 3 rings (SSSR count). The lowest BCUT2D eigenvalue weighted by molar-refractivity contribution is -0.120. The summed E-state index contributed by atoms with van der Waals surface area (Å²) in [5.41, 5.74) is 3.29. The number of nitrogens with zero attached hydrogens (tertiary/aromatic N) is 3. The molecule has 1 atom stereocenters. The SMILES string of the molecule is Cc1nn(-c2ccccc2)c(C)c1CN(C)[C@@H](C)C(=O)Nc1ccc(F)c(F)c1F. The Morgan fingerprint density at radius 2 is 1.77 bits per heavy atom. The smallest absolute Gasteiger partial charge is 0.241 e. The molecule has 8 heteroatoms. The number of benzene rings is 2. The highest BCUT2D eigenvalue weighted by molar-refractivity contribution is 5.94. The summed E-state index contributed by atoms with van der Waals surface area (Å²) >= 11 is 0. The van der Waals surface area contributed by atoms with Crippen LogP contribution in [0.5, 0.6) is 0 Å². The summed E-state index contributed by atoms with van der Waals surface area (Å²) in [6, 6.07) is 10.8. The molecule has 3 aromatic rings. The van der Waals surface area contributed by atoms with Crippen molar-refractivity contribution in [1.82, 2.24) is 14.7 Å². The van der Waals surface area contributed by atoms with Crippen LogP contribution in [0.15, 0.2) is 42.5 Å². The van der Waals surface area contributed by atoms with Gasteiger partial charge in [-0.15, -0.1) is 0 Å². The fraction of sp³-hybridized carbons (Fsp3) is 0.273. The van der Waals surface area contributed by atoms with Gasteiger partial charge in [-0.1, -0.05) is 18.2 Å². The van der Waals surface area contributed by atoms with Gasteiger partial charge in [0.1, 0.15) is 0 Å². The first-order valence-corrected chi connectivity index (χ1v) is 9.45. The third-order valence-electron chi connectivity index (χ3n) is 5.18. The Kier molecular flexibility index (Phi) is 6.26. The second-order valence-electron chi connectivity index (χ2n) is 7.20. The van der Waals surface area contributed by atoms with Crippen LogP contribution >= 0.6 is 0 Å². The van der Waals surface area contributed by atoms with E-state index in [1.165, 1.54) is 0 Å². The molecule has 0 saturated carbocycles. The van der Waals surface area contributed by atoms with E-state index >= 15 is 0 Å². The Morgan fingerprint density at radius 1 is 1.10 bits per heavy atom. The van der Waals surface area contributed by atoms with Crippen molar-refractivity contribution in [2.45, 2.75) is 33.4 Å². The molecule has 1 aromatic heterocycles. The minimum absolute atomic E-state index is 0.400. The number of hydrogen-bond donors (Lipinski definition) is 1. The normalized spacial score (nSPS) is 12.3. The first kappa shape index (κ1) is 21.6. The molecule has 0 aliphatic carbocycles. The van der Waals surface area contributed by atoms with Gasteiger partial charge in [0.2, 0.25) is 5.91 Å². The topological polar surface area (TPSA) is 50.2 Å². The number of halogens is 3. The lowest BCUT2D eigenvalue weighted by Crippen LogP contribution is -2.39. The number of likely N-dealkylation sites (N-methyl/N-ethyl adjacent to an activating group) is 1. The summed E-state index contributed by atoms with van der Waals surface area (Å²) in [4.78, 5) is 14.3. The number of amides is 1. The van der Waals surface area contributed by atoms with Gasteiger partial charge in [-0.25, -0.2) is 17.9 Å². The fourth-order valence-corrected chi connectivity index (χ4v) is 3.17. The zero-order valence-corrected chi connectivity index (χ0v) is 17.2. The van der Waals surface area contributed by atoms with Crippen LogP contribution in [0.3, 0.4) is 0 Å². The van der Waals surface area contributed by atoms with Crippen LogP contribution in [0.25, 0.3) is 5.69 Å². The number of nitrogens with one attached hydrogen (secondary N) is 1. The molecule has 0 spiro atoms. The van der Waals surface area contributed by atoms with Crippen molar-refractivity contribution < 1.29 is 18.0 Å². The second kappa shape index (κ2) is 8.71. The maximum atomic E-state index is 13.8. The third kappa shape index (κ3) is 4.23. The van der Waals surface area contributed by atoms with Crippen LogP contribution in [0.4, 0.5) is 18.9 Å². The molecule has 158 valence electrons. The summed E-state index contributed by atoms with van der Waals surface area (Å²) in [5.74, 6) is -4.88. The Balaban J connectivity index is 1.74. The van der Waals surface area contributed by atoms with Gasteiger partial charge in [0, 0.05) is 17.8 Å². The quantitative estimate of drug-likeness (QED) is 0.608. The summed E-state index contributed by atoms with van der Waals surface area (Å²) in [6.45, 7) is 5.94. The molecule has 0 unspecified atom stereocenters. The molecule has 0 aliphatic rings. The molecule has 2 aromatic carbocycles. The highest BCUT2D eigenvalue weighted by Gasteiger charge is 2.23. The van der Waals surface area contributed by atoms with Crippen LogP contribution in [0.2, 0.25) is 0 Å². The molecule has 30 heavy (non-hydrogen) atoms. The molecule has 5 nitrogen and oxygen atoms in total. The van der Waals surface area contributed by atoms with E-state index in [1.54, 1.807) is 18.9 Å². The molecule has 1 amide bonds. The van der Waals surface area contributed by atoms with Crippen molar-refractivity contribution >= 4 is 11.6 Å². The van der Waals surface area contributed by atoms with Gasteiger partial charge in [-0.2, -0.15) is 5.10 Å². The molecule has 0 fully saturated rings. The van der Waals surface area contributed by atoms with Crippen LogP contribution in [0.1, 0.15) is 23.9 Å². The fourth-order valence-electron chi connectivity index (χ4n) is 3.17. The van der Waals surface area contributed by atoms with E-state index < -0.39 is 35.1 Å². The van der Waals surface area contributed by atoms with Crippen molar-refractivity contribution in [3.63, 3.8) is 0 Å². The van der Waals surface area contributed by atoms with Gasteiger partial charge >= 0.3 is 0 Å². The van der Waals surface area contributed by atoms with Gasteiger partial charge in [0.25, 0.3) is 0 Å². The number of rotatable bonds is 6. The van der Waals surface area contributed by atoms with Gasteiger partial charge in [-0.05, 0) is 52.1 Å². The van der Waals surface area contributed by atoms with Gasteiger partial charge in [0.15, 0.2) is 17.5 Å². The van der Waals surface area contributed by atoms with E-state index in [2.05, 4.69) is 10.4 Å². The first-order valence-electron chi connectivity index (χ1n) is 9.45. The molecular weight excluding hydrogens is 393 g/mol. The number of aryl methyl sites for hydroxylation is 1. The average Bonchev–Trinajstić information content (AvgIpc) is 3.02. The molecule has 0 radical (unpaired) electrons. The first-order chi connectivity index (χ1) is 14.2. The van der Waals surface area contributed by atoms with Crippen LogP contribution in [-0.4, -0.2) is 33.7 Å². The third-order valence-corrected chi connectivity index (χ3v) is 5.18. The van der Waals surface area contributed by atoms with Crippen molar-refractivity contribution in [3.05, 3.63) is 76.9 Å². The van der Waals surface area contributed by atoms with Crippen molar-refractivity contribution in [2.75, 3.05) is 12.4 Å². The van der Waals surface area contributed by atoms with Crippen molar-refractivity contribution in [3.8, 4) is 5.69 Å². The number of hydrogen-bond acceptors (Lipinski definition) is 3. The zero-order valence-electron chi connectivity index (χ0n) is 17.2. The average molecular weight is 416 g/mol. The molecule has 1 heterocycles. The number of carbonyl (C=O) groups excluding carboxylic acids is 1. The standard InChI is InChI=1S/C22H23F3N4O/c1-13-17(14(2)29(27-13)16-8-6-5-7-9-16)12-28(4)15(3)22(30)26-19-11-10-18(23)20(24)21(19)25/h5-11,15H,12H2,1-4H3,(H,26,30)/t15-/m0/s1. The molecule has 1 N–H and O–H groups in total. The van der Waals surface area contributed by atoms with Gasteiger partial charge < -0.3 is 5.32 Å². The molecule has 0 bridgehead atoms. The monoisotopic (exact) mass is 416 g/mol. The van der Waals surface area contributed by atoms with Gasteiger partial charge in [0.05, 0.1) is 23.1 Å². The Labute approximate surface area is 173 Å². The van der Waals surface area contributed by atoms with E-state index in [9.17, 15) is 18.0 Å². The number of carbonyl (C=O) groups is 1. The summed E-state index contributed by atoms with van der Waals surface area (Å²) in [6.07, 6.45) is 0. The van der Waals surface area contributed by atoms with Gasteiger partial charge in [-0.3, -0.25) is 9.69 Å². The Morgan fingerprint density at radius 3 is 2.43 bits per heavy atom. The number of anilines is 1. The number of para-hydroxylation sites is 1. The molecule has 0 saturated heterocycles. The van der Waals surface area contributed by atoms with E-state index in [1.807, 2.05) is 48.9 Å². The minimum atomic E-state index is -1.62. The minimum Gasteiger partial charge on any atom is -0.322 e. The van der Waals surface area contributed by atoms with E-state index in [0.29, 0.717) is 6.54 Å². The van der Waals surface area contributed by atoms with Crippen molar-refractivity contribution in [1.29, 1.82) is 0 Å². The van der Waals surface area contributed by atoms with Crippen LogP contribution < -0.4 is 5.32 Å². The lowest BCUT2D eigenvalue weighted by atomic mass is 10.1. The van der Waals surface area contributed by atoms with E-state index in [4.69, 9.17) is 0 Å². The predicted octanol–water partition coefficient (Wildman–Crippen LogP) is 4.37. The Hall–Kier alpha value is -3.13. The molecular formula is C22H23F3N4O. The molecule has 0 aliphatic heterocycles. The second-order valence-corrected chi connectivity index (χ2v) is 7.20. The maximum absolute atomic E-state index is 13.8. The predicted molar refractivity (Wildman–Crippen MR) is 109 cm³/mol. The lowest BCUT2D eigenvalue weighted by Gasteiger charge is -2.24. The summed E-state index contributed by atoms with van der Waals surface area (Å²) < 4.78 is 42.2. The Bertz CT molecular complexity index is 1070. The highest BCUT2D eigenvalue weighted by atomic mass is 19.2. The zero-order chi connectivity index (χ0) is 22.0.